The number of carbonyl (C=O) groups is 3. The number of rotatable bonds is 8. The van der Waals surface area contributed by atoms with E-state index in [0.29, 0.717) is 17.7 Å². The highest BCUT2D eigenvalue weighted by atomic mass is 19.1. The first kappa shape index (κ1) is 20.1. The number of benzene rings is 2. The number of nitrogens with one attached hydrogen (secondary N) is 3. The highest BCUT2D eigenvalue weighted by Gasteiger charge is 2.08. The molecule has 0 radical (unpaired) electrons. The third-order valence-electron chi connectivity index (χ3n) is 3.72. The first-order valence-electron chi connectivity index (χ1n) is 8.63. The standard InChI is InChI=1S/C20H22FN3O3/c1-2-22-20(27)16-7-3-6-15(9-16)12-23-19(26)13-24-18(25)11-14-5-4-8-17(21)10-14/h3-10H,2,11-13H2,1H3,(H,22,27)(H,23,26)(H,24,25). The normalized spacial score (nSPS) is 10.1. The Kier molecular flexibility index (Phi) is 7.49. The van der Waals surface area contributed by atoms with Crippen molar-refractivity contribution in [3.63, 3.8) is 0 Å². The minimum absolute atomic E-state index is 0.000372. The third kappa shape index (κ3) is 6.89. The lowest BCUT2D eigenvalue weighted by molar-refractivity contribution is -0.125. The van der Waals surface area contributed by atoms with E-state index >= 15 is 0 Å². The van der Waals surface area contributed by atoms with Crippen molar-refractivity contribution in [3.8, 4) is 0 Å². The lowest BCUT2D eigenvalue weighted by Crippen LogP contribution is -2.37. The fourth-order valence-corrected chi connectivity index (χ4v) is 2.42. The van der Waals surface area contributed by atoms with Crippen molar-refractivity contribution in [1.29, 1.82) is 0 Å². The molecule has 27 heavy (non-hydrogen) atoms. The molecular formula is C20H22FN3O3. The van der Waals surface area contributed by atoms with E-state index in [0.717, 1.165) is 5.56 Å². The zero-order valence-corrected chi connectivity index (χ0v) is 15.0. The summed E-state index contributed by atoms with van der Waals surface area (Å²) in [6, 6.07) is 12.7. The Balaban J connectivity index is 1.77. The van der Waals surface area contributed by atoms with Crippen molar-refractivity contribution in [1.82, 2.24) is 16.0 Å². The van der Waals surface area contributed by atoms with Crippen LogP contribution in [-0.2, 0) is 22.6 Å². The van der Waals surface area contributed by atoms with E-state index < -0.39 is 5.82 Å². The van der Waals surface area contributed by atoms with Crippen LogP contribution in [0.15, 0.2) is 48.5 Å². The van der Waals surface area contributed by atoms with Gasteiger partial charge in [0, 0.05) is 18.7 Å². The van der Waals surface area contributed by atoms with Gasteiger partial charge in [0.25, 0.3) is 5.91 Å². The van der Waals surface area contributed by atoms with Crippen molar-refractivity contribution in [2.45, 2.75) is 19.9 Å². The van der Waals surface area contributed by atoms with Gasteiger partial charge < -0.3 is 16.0 Å². The topological polar surface area (TPSA) is 87.3 Å². The summed E-state index contributed by atoms with van der Waals surface area (Å²) in [5, 5.41) is 7.89. The first-order valence-corrected chi connectivity index (χ1v) is 8.63. The van der Waals surface area contributed by atoms with Crippen LogP contribution < -0.4 is 16.0 Å². The predicted molar refractivity (Wildman–Crippen MR) is 99.4 cm³/mol. The van der Waals surface area contributed by atoms with Gasteiger partial charge in [0.2, 0.25) is 11.8 Å². The maximum atomic E-state index is 13.1. The second kappa shape index (κ2) is 10.1. The Labute approximate surface area is 157 Å². The van der Waals surface area contributed by atoms with Crippen LogP contribution in [0.3, 0.4) is 0 Å². The monoisotopic (exact) mass is 371 g/mol. The number of amides is 3. The number of carbonyl (C=O) groups excluding carboxylic acids is 3. The summed E-state index contributed by atoms with van der Waals surface area (Å²) in [7, 11) is 0. The fourth-order valence-electron chi connectivity index (χ4n) is 2.42. The quantitative estimate of drug-likeness (QED) is 0.658. The smallest absolute Gasteiger partial charge is 0.251 e. The molecule has 0 fully saturated rings. The lowest BCUT2D eigenvalue weighted by Gasteiger charge is -2.09. The molecule has 2 aromatic rings. The Hall–Kier alpha value is -3.22. The highest BCUT2D eigenvalue weighted by molar-refractivity contribution is 5.94. The molecule has 3 N–H and O–H groups in total. The van der Waals surface area contributed by atoms with Crippen LogP contribution in [0.1, 0.15) is 28.4 Å². The van der Waals surface area contributed by atoms with Crippen LogP contribution in [-0.4, -0.2) is 30.8 Å². The second-order valence-electron chi connectivity index (χ2n) is 5.92. The molecule has 0 saturated carbocycles. The second-order valence-corrected chi connectivity index (χ2v) is 5.92. The summed E-state index contributed by atoms with van der Waals surface area (Å²) in [5.74, 6) is -1.30. The molecule has 0 atom stereocenters. The number of hydrogen-bond donors (Lipinski definition) is 3. The zero-order valence-electron chi connectivity index (χ0n) is 15.0. The Morgan fingerprint density at radius 3 is 2.37 bits per heavy atom. The molecule has 2 aromatic carbocycles. The molecule has 0 aliphatic carbocycles. The van der Waals surface area contributed by atoms with Gasteiger partial charge in [0.15, 0.2) is 0 Å². The molecule has 0 bridgehead atoms. The van der Waals surface area contributed by atoms with Gasteiger partial charge in [0.05, 0.1) is 13.0 Å². The Morgan fingerprint density at radius 1 is 0.889 bits per heavy atom. The van der Waals surface area contributed by atoms with Crippen LogP contribution >= 0.6 is 0 Å². The van der Waals surface area contributed by atoms with Gasteiger partial charge in [-0.3, -0.25) is 14.4 Å². The van der Waals surface area contributed by atoms with Crippen LogP contribution in [0, 0.1) is 5.82 Å². The summed E-state index contributed by atoms with van der Waals surface area (Å²) < 4.78 is 13.1. The minimum Gasteiger partial charge on any atom is -0.352 e. The molecule has 0 unspecified atom stereocenters. The van der Waals surface area contributed by atoms with Crippen molar-refractivity contribution in [2.75, 3.05) is 13.1 Å². The first-order chi connectivity index (χ1) is 13.0. The van der Waals surface area contributed by atoms with Crippen LogP contribution in [0.25, 0.3) is 0 Å². The van der Waals surface area contributed by atoms with E-state index in [2.05, 4.69) is 16.0 Å². The number of hydrogen-bond acceptors (Lipinski definition) is 3. The van der Waals surface area contributed by atoms with E-state index in [1.165, 1.54) is 18.2 Å². The molecular weight excluding hydrogens is 349 g/mol. The van der Waals surface area contributed by atoms with Gasteiger partial charge in [-0.25, -0.2) is 4.39 Å². The molecule has 0 aromatic heterocycles. The summed E-state index contributed by atoms with van der Waals surface area (Å²) in [5.41, 5.74) is 1.83. The predicted octanol–water partition coefficient (Wildman–Crippen LogP) is 1.55. The van der Waals surface area contributed by atoms with Crippen molar-refractivity contribution < 1.29 is 18.8 Å². The van der Waals surface area contributed by atoms with Crippen LogP contribution in [0.4, 0.5) is 4.39 Å². The van der Waals surface area contributed by atoms with Gasteiger partial charge in [-0.15, -0.1) is 0 Å². The average molecular weight is 371 g/mol. The molecule has 3 amide bonds. The van der Waals surface area contributed by atoms with E-state index in [1.54, 1.807) is 30.3 Å². The van der Waals surface area contributed by atoms with E-state index in [4.69, 9.17) is 0 Å². The van der Waals surface area contributed by atoms with Gasteiger partial charge in [-0.2, -0.15) is 0 Å². The van der Waals surface area contributed by atoms with Gasteiger partial charge in [-0.1, -0.05) is 24.3 Å². The Morgan fingerprint density at radius 2 is 1.63 bits per heavy atom. The van der Waals surface area contributed by atoms with Crippen LogP contribution in [0.5, 0.6) is 0 Å². The summed E-state index contributed by atoms with van der Waals surface area (Å²) in [6.45, 7) is 2.44. The molecule has 2 rings (SSSR count). The summed E-state index contributed by atoms with van der Waals surface area (Å²) in [4.78, 5) is 35.5. The summed E-state index contributed by atoms with van der Waals surface area (Å²) >= 11 is 0. The molecule has 6 nitrogen and oxygen atoms in total. The van der Waals surface area contributed by atoms with Crippen LogP contribution in [0.2, 0.25) is 0 Å². The lowest BCUT2D eigenvalue weighted by atomic mass is 10.1. The molecule has 0 heterocycles. The van der Waals surface area contributed by atoms with E-state index in [9.17, 15) is 18.8 Å². The third-order valence-corrected chi connectivity index (χ3v) is 3.72. The average Bonchev–Trinajstić information content (AvgIpc) is 2.65. The maximum absolute atomic E-state index is 13.1. The van der Waals surface area contributed by atoms with E-state index in [-0.39, 0.29) is 37.2 Å². The largest absolute Gasteiger partial charge is 0.352 e. The molecule has 7 heteroatoms. The molecule has 142 valence electrons. The zero-order chi connectivity index (χ0) is 19.6. The molecule has 0 aliphatic heterocycles. The fraction of sp³-hybridized carbons (Fsp3) is 0.250. The van der Waals surface area contributed by atoms with Gasteiger partial charge in [-0.05, 0) is 42.3 Å². The number of halogens is 1. The Bertz CT molecular complexity index is 824. The minimum atomic E-state index is -0.409. The molecule has 0 aliphatic rings. The highest BCUT2D eigenvalue weighted by Crippen LogP contribution is 2.05. The SMILES string of the molecule is CCNC(=O)c1cccc(CNC(=O)CNC(=O)Cc2cccc(F)c2)c1. The van der Waals surface area contributed by atoms with Gasteiger partial charge in [0.1, 0.15) is 5.82 Å². The van der Waals surface area contributed by atoms with Crippen molar-refractivity contribution in [3.05, 3.63) is 71.0 Å². The summed E-state index contributed by atoms with van der Waals surface area (Å²) in [6.07, 6.45) is -0.000372. The molecule has 0 spiro atoms. The van der Waals surface area contributed by atoms with Crippen molar-refractivity contribution in [2.24, 2.45) is 0 Å². The van der Waals surface area contributed by atoms with Crippen molar-refractivity contribution >= 4 is 17.7 Å². The van der Waals surface area contributed by atoms with E-state index in [1.807, 2.05) is 6.92 Å². The molecule has 0 saturated heterocycles. The van der Waals surface area contributed by atoms with Gasteiger partial charge >= 0.3 is 0 Å². The maximum Gasteiger partial charge on any atom is 0.251 e.